The molecule has 0 radical (unpaired) electrons. The lowest BCUT2D eigenvalue weighted by atomic mass is 9.51. The Balaban J connectivity index is 1.48. The smallest absolute Gasteiger partial charge is 0.226 e. The third kappa shape index (κ3) is 2.66. The molecule has 124 valence electrons. The molecule has 0 aromatic heterocycles. The van der Waals surface area contributed by atoms with Crippen LogP contribution in [-0.2, 0) is 11.3 Å². The highest BCUT2D eigenvalue weighted by Gasteiger charge is 2.51. The summed E-state index contributed by atoms with van der Waals surface area (Å²) < 4.78 is 26.8. The van der Waals surface area contributed by atoms with Crippen molar-refractivity contribution in [1.82, 2.24) is 4.90 Å². The Bertz CT molecular complexity index is 602. The monoisotopic (exact) mass is 319 g/mol. The van der Waals surface area contributed by atoms with Crippen LogP contribution in [0.1, 0.15) is 37.7 Å². The van der Waals surface area contributed by atoms with Crippen molar-refractivity contribution in [2.24, 2.45) is 29.6 Å². The quantitative estimate of drug-likeness (QED) is 0.825. The van der Waals surface area contributed by atoms with E-state index in [4.69, 9.17) is 0 Å². The number of hydrogen-bond acceptors (Lipinski definition) is 1. The van der Waals surface area contributed by atoms with Crippen LogP contribution in [0.15, 0.2) is 18.2 Å². The van der Waals surface area contributed by atoms with Gasteiger partial charge in [0.2, 0.25) is 5.91 Å². The van der Waals surface area contributed by atoms with Crippen molar-refractivity contribution >= 4 is 5.91 Å². The molecule has 23 heavy (non-hydrogen) atoms. The molecule has 1 aromatic carbocycles. The first-order valence-electron chi connectivity index (χ1n) is 8.70. The van der Waals surface area contributed by atoms with Gasteiger partial charge in [-0.3, -0.25) is 4.79 Å². The van der Waals surface area contributed by atoms with Crippen LogP contribution in [0, 0.1) is 41.2 Å². The molecule has 1 aromatic rings. The molecule has 0 aliphatic heterocycles. The standard InChI is InChI=1S/C19H23F2NO/c1-22(10-13-2-3-16(20)9-17(13)21)19(23)18-14-5-11-4-12(7-14)8-15(18)6-11/h2-3,9,11-12,14-15,18H,4-8,10H2,1H3. The Labute approximate surface area is 135 Å². The zero-order valence-corrected chi connectivity index (χ0v) is 13.5. The Kier molecular flexibility index (Phi) is 3.66. The first-order chi connectivity index (χ1) is 11.0. The Morgan fingerprint density at radius 3 is 2.26 bits per heavy atom. The van der Waals surface area contributed by atoms with Crippen LogP contribution in [0.25, 0.3) is 0 Å². The molecule has 4 bridgehead atoms. The van der Waals surface area contributed by atoms with Crippen molar-refractivity contribution in [3.8, 4) is 0 Å². The van der Waals surface area contributed by atoms with Crippen molar-refractivity contribution in [2.45, 2.75) is 38.6 Å². The second kappa shape index (κ2) is 5.57. The average Bonchev–Trinajstić information content (AvgIpc) is 2.48. The molecular formula is C19H23F2NO. The van der Waals surface area contributed by atoms with E-state index in [0.717, 1.165) is 17.9 Å². The van der Waals surface area contributed by atoms with Crippen molar-refractivity contribution in [3.05, 3.63) is 35.4 Å². The molecule has 0 heterocycles. The van der Waals surface area contributed by atoms with Gasteiger partial charge in [-0.1, -0.05) is 6.07 Å². The number of nitrogens with zero attached hydrogens (tertiary/aromatic N) is 1. The Hall–Kier alpha value is -1.45. The van der Waals surface area contributed by atoms with Gasteiger partial charge in [0.1, 0.15) is 11.6 Å². The maximum Gasteiger partial charge on any atom is 0.226 e. The molecule has 0 spiro atoms. The molecule has 0 unspecified atom stereocenters. The normalized spacial score (nSPS) is 34.7. The van der Waals surface area contributed by atoms with E-state index in [1.54, 1.807) is 11.9 Å². The molecule has 2 nitrogen and oxygen atoms in total. The highest BCUT2D eigenvalue weighted by molar-refractivity contribution is 5.79. The first-order valence-corrected chi connectivity index (χ1v) is 8.70. The third-order valence-corrected chi connectivity index (χ3v) is 6.31. The summed E-state index contributed by atoms with van der Waals surface area (Å²) in [7, 11) is 1.75. The number of hydrogen-bond donors (Lipinski definition) is 0. The number of amides is 1. The molecular weight excluding hydrogens is 296 g/mol. The summed E-state index contributed by atoms with van der Waals surface area (Å²) in [5.74, 6) is 1.84. The van der Waals surface area contributed by atoms with E-state index in [9.17, 15) is 13.6 Å². The highest BCUT2D eigenvalue weighted by Crippen LogP contribution is 2.56. The van der Waals surface area contributed by atoms with Gasteiger partial charge in [-0.2, -0.15) is 0 Å². The predicted molar refractivity (Wildman–Crippen MR) is 83.4 cm³/mol. The number of halogens is 2. The predicted octanol–water partition coefficient (Wildman–Crippen LogP) is 4.00. The fraction of sp³-hybridized carbons (Fsp3) is 0.632. The SMILES string of the molecule is CN(Cc1ccc(F)cc1F)C(=O)C1C2CC3CC(C2)CC1C3. The van der Waals surface area contributed by atoms with Gasteiger partial charge in [-0.15, -0.1) is 0 Å². The van der Waals surface area contributed by atoms with E-state index in [0.29, 0.717) is 17.4 Å². The molecule has 5 rings (SSSR count). The molecule has 0 N–H and O–H groups in total. The Morgan fingerprint density at radius 2 is 1.70 bits per heavy atom. The number of rotatable bonds is 3. The highest BCUT2D eigenvalue weighted by atomic mass is 19.1. The second-order valence-corrected chi connectivity index (χ2v) is 7.89. The van der Waals surface area contributed by atoms with Crippen LogP contribution in [0.4, 0.5) is 8.78 Å². The molecule has 0 atom stereocenters. The zero-order valence-electron chi connectivity index (χ0n) is 13.5. The van der Waals surface area contributed by atoms with Crippen molar-refractivity contribution in [2.75, 3.05) is 7.05 Å². The van der Waals surface area contributed by atoms with E-state index < -0.39 is 11.6 Å². The lowest BCUT2D eigenvalue weighted by Gasteiger charge is -2.54. The Morgan fingerprint density at radius 1 is 1.09 bits per heavy atom. The van der Waals surface area contributed by atoms with E-state index in [-0.39, 0.29) is 18.4 Å². The minimum absolute atomic E-state index is 0.122. The summed E-state index contributed by atoms with van der Waals surface area (Å²) in [5.41, 5.74) is 0.381. The van der Waals surface area contributed by atoms with Crippen LogP contribution in [0.3, 0.4) is 0 Å². The topological polar surface area (TPSA) is 20.3 Å². The van der Waals surface area contributed by atoms with Gasteiger partial charge in [0.05, 0.1) is 0 Å². The maximum atomic E-state index is 13.8. The van der Waals surface area contributed by atoms with Crippen molar-refractivity contribution in [3.63, 3.8) is 0 Å². The van der Waals surface area contributed by atoms with Gasteiger partial charge in [0.25, 0.3) is 0 Å². The summed E-state index contributed by atoms with van der Waals surface area (Å²) in [5, 5.41) is 0. The van der Waals surface area contributed by atoms with E-state index in [1.165, 1.54) is 44.2 Å². The van der Waals surface area contributed by atoms with Gasteiger partial charge in [0, 0.05) is 31.1 Å². The van der Waals surface area contributed by atoms with Crippen LogP contribution in [0.5, 0.6) is 0 Å². The lowest BCUT2D eigenvalue weighted by molar-refractivity contribution is -0.148. The molecule has 4 heteroatoms. The van der Waals surface area contributed by atoms with Gasteiger partial charge in [0.15, 0.2) is 0 Å². The number of carbonyl (C=O) groups excluding carboxylic acids is 1. The van der Waals surface area contributed by atoms with Gasteiger partial charge < -0.3 is 4.90 Å². The minimum atomic E-state index is -0.582. The van der Waals surface area contributed by atoms with Crippen LogP contribution < -0.4 is 0 Å². The molecule has 4 fully saturated rings. The van der Waals surface area contributed by atoms with Gasteiger partial charge >= 0.3 is 0 Å². The largest absolute Gasteiger partial charge is 0.341 e. The molecule has 4 aliphatic carbocycles. The van der Waals surface area contributed by atoms with Crippen LogP contribution in [0.2, 0.25) is 0 Å². The number of benzene rings is 1. The van der Waals surface area contributed by atoms with E-state index >= 15 is 0 Å². The molecule has 1 amide bonds. The fourth-order valence-corrected chi connectivity index (χ4v) is 5.57. The molecule has 4 aliphatic rings. The average molecular weight is 319 g/mol. The van der Waals surface area contributed by atoms with E-state index in [2.05, 4.69) is 0 Å². The summed E-state index contributed by atoms with van der Waals surface area (Å²) in [4.78, 5) is 14.6. The second-order valence-electron chi connectivity index (χ2n) is 7.89. The molecule has 4 saturated carbocycles. The minimum Gasteiger partial charge on any atom is -0.341 e. The van der Waals surface area contributed by atoms with Crippen LogP contribution >= 0.6 is 0 Å². The lowest BCUT2D eigenvalue weighted by Crippen LogP contribution is -2.51. The summed E-state index contributed by atoms with van der Waals surface area (Å²) >= 11 is 0. The summed E-state index contributed by atoms with van der Waals surface area (Å²) in [6.45, 7) is 0.216. The van der Waals surface area contributed by atoms with Crippen LogP contribution in [-0.4, -0.2) is 17.9 Å². The third-order valence-electron chi connectivity index (χ3n) is 6.31. The van der Waals surface area contributed by atoms with Gasteiger partial charge in [-0.05, 0) is 61.8 Å². The summed E-state index contributed by atoms with van der Waals surface area (Å²) in [6, 6.07) is 3.57. The van der Waals surface area contributed by atoms with Crippen molar-refractivity contribution < 1.29 is 13.6 Å². The zero-order chi connectivity index (χ0) is 16.1. The number of carbonyl (C=O) groups is 1. The van der Waals surface area contributed by atoms with Gasteiger partial charge in [-0.25, -0.2) is 8.78 Å². The van der Waals surface area contributed by atoms with E-state index in [1.807, 2.05) is 0 Å². The first kappa shape index (κ1) is 15.1. The molecule has 0 saturated heterocycles. The maximum absolute atomic E-state index is 13.8. The summed E-state index contributed by atoms with van der Waals surface area (Å²) in [6.07, 6.45) is 6.15. The van der Waals surface area contributed by atoms with Crippen molar-refractivity contribution in [1.29, 1.82) is 0 Å². The fourth-order valence-electron chi connectivity index (χ4n) is 5.57.